The minimum atomic E-state index is 1.04. The van der Waals surface area contributed by atoms with E-state index in [1.54, 1.807) is 0 Å². The molecule has 0 aromatic heterocycles. The van der Waals surface area contributed by atoms with Crippen LogP contribution in [-0.2, 0) is 0 Å². The van der Waals surface area contributed by atoms with Crippen molar-refractivity contribution in [1.82, 2.24) is 0 Å². The molecule has 0 aliphatic heterocycles. The molecule has 0 atom stereocenters. The standard InChI is InChI=1S/C5H9Si/c1-5(2)3-4-6/h1,3-4H2,2H3. The molecule has 0 heterocycles. The third-order valence-corrected chi connectivity index (χ3v) is 0.802. The molecule has 0 aromatic carbocycles. The van der Waals surface area contributed by atoms with Gasteiger partial charge >= 0.3 is 0 Å². The highest BCUT2D eigenvalue weighted by molar-refractivity contribution is 6.08. The molecule has 0 fully saturated rings. The maximum absolute atomic E-state index is 3.71. The summed E-state index contributed by atoms with van der Waals surface area (Å²) in [4.78, 5) is 0. The molecule has 1 heteroatoms. The molecular formula is C5H9Si. The molecule has 33 valence electrons. The molecule has 6 heavy (non-hydrogen) atoms. The van der Waals surface area contributed by atoms with E-state index in [0.717, 1.165) is 12.5 Å². The predicted octanol–water partition coefficient (Wildman–Crippen LogP) is 1.54. The molecule has 0 nitrogen and oxygen atoms in total. The second-order valence-corrected chi connectivity index (χ2v) is 1.96. The first-order valence-electron chi connectivity index (χ1n) is 2.06. The Morgan fingerprint density at radius 2 is 2.33 bits per heavy atom. The molecule has 0 bridgehead atoms. The van der Waals surface area contributed by atoms with Gasteiger partial charge in [0, 0.05) is 10.2 Å². The van der Waals surface area contributed by atoms with Crippen LogP contribution in [0.3, 0.4) is 0 Å². The largest absolute Gasteiger partial charge is 0.100 e. The van der Waals surface area contributed by atoms with Crippen LogP contribution in [-0.4, -0.2) is 10.2 Å². The molecule has 0 saturated heterocycles. The fourth-order valence-corrected chi connectivity index (χ4v) is 0.640. The Balaban J connectivity index is 2.83. The normalized spacial score (nSPS) is 8.33. The van der Waals surface area contributed by atoms with Crippen LogP contribution in [0, 0.1) is 0 Å². The predicted molar refractivity (Wildman–Crippen MR) is 30.0 cm³/mol. The molecule has 0 spiro atoms. The van der Waals surface area contributed by atoms with Gasteiger partial charge in [0.25, 0.3) is 0 Å². The average Bonchev–Trinajstić information content (AvgIpc) is 1.35. The average molecular weight is 97.2 g/mol. The van der Waals surface area contributed by atoms with E-state index >= 15 is 0 Å². The topological polar surface area (TPSA) is 0 Å². The lowest BCUT2D eigenvalue weighted by molar-refractivity contribution is 1.10. The van der Waals surface area contributed by atoms with Crippen LogP contribution in [0.15, 0.2) is 12.2 Å². The van der Waals surface area contributed by atoms with Gasteiger partial charge in [-0.3, -0.25) is 0 Å². The molecule has 0 unspecified atom stereocenters. The van der Waals surface area contributed by atoms with Crippen molar-refractivity contribution in [2.75, 3.05) is 0 Å². The SMILES string of the molecule is C=C(C)CC[Si]. The Morgan fingerprint density at radius 3 is 2.33 bits per heavy atom. The highest BCUT2D eigenvalue weighted by Crippen LogP contribution is 1.95. The first-order chi connectivity index (χ1) is 2.77. The van der Waals surface area contributed by atoms with Crippen LogP contribution < -0.4 is 0 Å². The van der Waals surface area contributed by atoms with Gasteiger partial charge in [0.15, 0.2) is 0 Å². The van der Waals surface area contributed by atoms with Crippen molar-refractivity contribution in [2.45, 2.75) is 19.4 Å². The zero-order valence-corrected chi connectivity index (χ0v) is 5.12. The van der Waals surface area contributed by atoms with Gasteiger partial charge in [0.2, 0.25) is 0 Å². The third-order valence-electron chi connectivity index (χ3n) is 0.552. The summed E-state index contributed by atoms with van der Waals surface area (Å²) in [5.41, 5.74) is 1.24. The Hall–Kier alpha value is -0.0431. The maximum Gasteiger partial charge on any atom is 0.0225 e. The van der Waals surface area contributed by atoms with E-state index < -0.39 is 0 Å². The third kappa shape index (κ3) is 3.96. The first-order valence-corrected chi connectivity index (χ1v) is 2.77. The summed E-state index contributed by atoms with van der Waals surface area (Å²) in [6.07, 6.45) is 1.09. The van der Waals surface area contributed by atoms with Crippen LogP contribution in [0.1, 0.15) is 13.3 Å². The highest BCUT2D eigenvalue weighted by Gasteiger charge is 1.76. The lowest BCUT2D eigenvalue weighted by atomic mass is 10.3. The molecule has 3 radical (unpaired) electrons. The fraction of sp³-hybridized carbons (Fsp3) is 0.600. The van der Waals surface area contributed by atoms with Gasteiger partial charge in [-0.1, -0.05) is 11.6 Å². The van der Waals surface area contributed by atoms with Crippen molar-refractivity contribution < 1.29 is 0 Å². The Bertz CT molecular complexity index is 47.9. The van der Waals surface area contributed by atoms with Gasteiger partial charge in [-0.25, -0.2) is 0 Å². The number of hydrogen-bond acceptors (Lipinski definition) is 0. The molecule has 0 N–H and O–H groups in total. The van der Waals surface area contributed by atoms with Crippen molar-refractivity contribution in [3.05, 3.63) is 12.2 Å². The highest BCUT2D eigenvalue weighted by atomic mass is 28.1. The van der Waals surface area contributed by atoms with E-state index in [4.69, 9.17) is 0 Å². The zero-order chi connectivity index (χ0) is 4.99. The molecule has 0 aromatic rings. The number of rotatable bonds is 2. The van der Waals surface area contributed by atoms with Crippen molar-refractivity contribution >= 4 is 10.2 Å². The summed E-state index contributed by atoms with van der Waals surface area (Å²) in [5.74, 6) is 0. The van der Waals surface area contributed by atoms with Crippen molar-refractivity contribution in [1.29, 1.82) is 0 Å². The number of allylic oxidation sites excluding steroid dienone is 1. The van der Waals surface area contributed by atoms with Gasteiger partial charge in [-0.2, -0.15) is 0 Å². The van der Waals surface area contributed by atoms with Crippen molar-refractivity contribution in [2.24, 2.45) is 0 Å². The van der Waals surface area contributed by atoms with Gasteiger partial charge in [-0.05, 0) is 13.3 Å². The first kappa shape index (κ1) is 5.96. The second-order valence-electron chi connectivity index (χ2n) is 1.46. The minimum Gasteiger partial charge on any atom is -0.100 e. The van der Waals surface area contributed by atoms with E-state index in [1.807, 2.05) is 6.92 Å². The smallest absolute Gasteiger partial charge is 0.0225 e. The van der Waals surface area contributed by atoms with Crippen LogP contribution in [0.4, 0.5) is 0 Å². The molecule has 0 aliphatic carbocycles. The van der Waals surface area contributed by atoms with Crippen LogP contribution in [0.5, 0.6) is 0 Å². The Morgan fingerprint density at radius 1 is 1.83 bits per heavy atom. The van der Waals surface area contributed by atoms with E-state index in [9.17, 15) is 0 Å². The Kier molecular flexibility index (Phi) is 3.14. The quantitative estimate of drug-likeness (QED) is 0.362. The van der Waals surface area contributed by atoms with Crippen LogP contribution in [0.25, 0.3) is 0 Å². The molecule has 0 rings (SSSR count). The van der Waals surface area contributed by atoms with Crippen LogP contribution in [0.2, 0.25) is 6.04 Å². The number of hydrogen-bond donors (Lipinski definition) is 0. The van der Waals surface area contributed by atoms with E-state index in [0.29, 0.717) is 0 Å². The summed E-state index contributed by atoms with van der Waals surface area (Å²) in [7, 11) is 3.33. The minimum absolute atomic E-state index is 1.04. The van der Waals surface area contributed by atoms with Gasteiger partial charge < -0.3 is 0 Å². The molecular weight excluding hydrogens is 88.1 g/mol. The fourth-order valence-electron chi connectivity index (χ4n) is 0.213. The van der Waals surface area contributed by atoms with E-state index in [2.05, 4.69) is 16.8 Å². The molecule has 0 saturated carbocycles. The monoisotopic (exact) mass is 97.0 g/mol. The van der Waals surface area contributed by atoms with Crippen molar-refractivity contribution in [3.8, 4) is 0 Å². The molecule has 0 aliphatic rings. The van der Waals surface area contributed by atoms with E-state index in [1.165, 1.54) is 5.57 Å². The van der Waals surface area contributed by atoms with Gasteiger partial charge in [-0.15, -0.1) is 6.58 Å². The summed E-state index contributed by atoms with van der Waals surface area (Å²) in [6, 6.07) is 1.04. The summed E-state index contributed by atoms with van der Waals surface area (Å²) >= 11 is 0. The van der Waals surface area contributed by atoms with Crippen molar-refractivity contribution in [3.63, 3.8) is 0 Å². The van der Waals surface area contributed by atoms with E-state index in [-0.39, 0.29) is 0 Å². The maximum atomic E-state index is 3.71. The summed E-state index contributed by atoms with van der Waals surface area (Å²) in [5, 5.41) is 0. The van der Waals surface area contributed by atoms with Gasteiger partial charge in [0.1, 0.15) is 0 Å². The summed E-state index contributed by atoms with van der Waals surface area (Å²) in [6.45, 7) is 5.74. The second kappa shape index (κ2) is 3.16. The van der Waals surface area contributed by atoms with Crippen LogP contribution >= 0.6 is 0 Å². The molecule has 0 amide bonds. The Labute approximate surface area is 42.7 Å². The lowest BCUT2D eigenvalue weighted by Gasteiger charge is -1.87. The van der Waals surface area contributed by atoms with Gasteiger partial charge in [0.05, 0.1) is 0 Å². The summed E-state index contributed by atoms with van der Waals surface area (Å²) < 4.78 is 0. The lowest BCUT2D eigenvalue weighted by Crippen LogP contribution is -1.69. The zero-order valence-electron chi connectivity index (χ0n) is 4.12.